The molecule has 2 rings (SSSR count). The first-order chi connectivity index (χ1) is 10.2. The second kappa shape index (κ2) is 7.98. The second-order valence-electron chi connectivity index (χ2n) is 5.80. The van der Waals surface area contributed by atoms with E-state index in [-0.39, 0.29) is 11.7 Å². The maximum atomic E-state index is 13.5. The smallest absolute Gasteiger partial charge is 0.170 e. The van der Waals surface area contributed by atoms with Gasteiger partial charge in [-0.1, -0.05) is 37.3 Å². The van der Waals surface area contributed by atoms with Crippen molar-refractivity contribution in [1.82, 2.24) is 5.32 Å². The van der Waals surface area contributed by atoms with E-state index in [0.29, 0.717) is 12.1 Å². The summed E-state index contributed by atoms with van der Waals surface area (Å²) < 4.78 is 13.5. The molecular formula is C16H24FN3O. The lowest BCUT2D eigenvalue weighted by molar-refractivity contribution is 0.318. The molecule has 4 nitrogen and oxygen atoms in total. The summed E-state index contributed by atoms with van der Waals surface area (Å²) in [5.41, 5.74) is 6.71. The maximum Gasteiger partial charge on any atom is 0.170 e. The number of hydrogen-bond donors (Lipinski definition) is 3. The lowest BCUT2D eigenvalue weighted by Crippen LogP contribution is -2.20. The molecule has 0 unspecified atom stereocenters. The lowest BCUT2D eigenvalue weighted by Gasteiger charge is -2.21. The van der Waals surface area contributed by atoms with E-state index in [2.05, 4.69) is 10.5 Å². The van der Waals surface area contributed by atoms with Crippen molar-refractivity contribution in [2.75, 3.05) is 6.54 Å². The Kier molecular flexibility index (Phi) is 5.99. The molecule has 0 bridgehead atoms. The van der Waals surface area contributed by atoms with Gasteiger partial charge in [0.25, 0.3) is 0 Å². The average Bonchev–Trinajstić information content (AvgIpc) is 2.51. The summed E-state index contributed by atoms with van der Waals surface area (Å²) >= 11 is 0. The highest BCUT2D eigenvalue weighted by Gasteiger charge is 2.12. The molecule has 1 aliphatic rings. The number of nitrogens with two attached hydrogens (primary N) is 1. The highest BCUT2D eigenvalue weighted by Crippen LogP contribution is 2.25. The first kappa shape index (κ1) is 15.8. The Hall–Kier alpha value is -1.62. The van der Waals surface area contributed by atoms with Gasteiger partial charge in [0, 0.05) is 12.1 Å². The summed E-state index contributed by atoms with van der Waals surface area (Å²) in [7, 11) is 0. The molecule has 0 spiro atoms. The zero-order valence-electron chi connectivity index (χ0n) is 12.3. The van der Waals surface area contributed by atoms with Gasteiger partial charge in [0.05, 0.1) is 0 Å². The standard InChI is InChI=1S/C16H24FN3O/c17-15-9-13(8-14(10-15)16(18)20-21)11-19-7-6-12-4-2-1-3-5-12/h8-10,12,19,21H,1-7,11H2,(H2,18,20). The number of halogens is 1. The summed E-state index contributed by atoms with van der Waals surface area (Å²) in [4.78, 5) is 0. The average molecular weight is 293 g/mol. The highest BCUT2D eigenvalue weighted by molar-refractivity contribution is 5.97. The van der Waals surface area contributed by atoms with Crippen molar-refractivity contribution in [1.29, 1.82) is 0 Å². The fourth-order valence-electron chi connectivity index (χ4n) is 2.97. The Balaban J connectivity index is 1.81. The third-order valence-corrected chi connectivity index (χ3v) is 4.14. The second-order valence-corrected chi connectivity index (χ2v) is 5.80. The van der Waals surface area contributed by atoms with Gasteiger partial charge in [0.2, 0.25) is 0 Å². The van der Waals surface area contributed by atoms with Gasteiger partial charge < -0.3 is 16.3 Å². The Morgan fingerprint density at radius 3 is 2.76 bits per heavy atom. The van der Waals surface area contributed by atoms with Crippen LogP contribution in [-0.2, 0) is 6.54 Å². The number of oxime groups is 1. The van der Waals surface area contributed by atoms with Crippen LogP contribution in [-0.4, -0.2) is 17.6 Å². The van der Waals surface area contributed by atoms with Gasteiger partial charge in [-0.25, -0.2) is 4.39 Å². The minimum absolute atomic E-state index is 0.0713. The van der Waals surface area contributed by atoms with Crippen molar-refractivity contribution in [3.8, 4) is 0 Å². The van der Waals surface area contributed by atoms with Crippen LogP contribution in [0.1, 0.15) is 49.7 Å². The summed E-state index contributed by atoms with van der Waals surface area (Å²) in [5, 5.41) is 14.9. The van der Waals surface area contributed by atoms with Gasteiger partial charge in [-0.15, -0.1) is 0 Å². The maximum absolute atomic E-state index is 13.5. The molecule has 5 heteroatoms. The van der Waals surface area contributed by atoms with Crippen LogP contribution in [0.5, 0.6) is 0 Å². The largest absolute Gasteiger partial charge is 0.409 e. The molecule has 1 fully saturated rings. The Morgan fingerprint density at radius 2 is 2.05 bits per heavy atom. The SMILES string of the molecule is N/C(=N/O)c1cc(F)cc(CNCCC2CCCCC2)c1. The molecule has 0 aliphatic heterocycles. The van der Waals surface area contributed by atoms with Crippen LogP contribution < -0.4 is 11.1 Å². The Morgan fingerprint density at radius 1 is 1.29 bits per heavy atom. The van der Waals surface area contributed by atoms with Crippen molar-refractivity contribution in [2.24, 2.45) is 16.8 Å². The number of benzene rings is 1. The van der Waals surface area contributed by atoms with Crippen LogP contribution in [0.2, 0.25) is 0 Å². The normalized spacial score (nSPS) is 17.1. The minimum Gasteiger partial charge on any atom is -0.409 e. The van der Waals surface area contributed by atoms with Crippen LogP contribution in [0, 0.1) is 11.7 Å². The molecule has 1 aromatic rings. The third-order valence-electron chi connectivity index (χ3n) is 4.14. The number of hydrogen-bond acceptors (Lipinski definition) is 3. The van der Waals surface area contributed by atoms with E-state index < -0.39 is 0 Å². The molecule has 0 radical (unpaired) electrons. The molecule has 0 aromatic heterocycles. The minimum atomic E-state index is -0.372. The summed E-state index contributed by atoms with van der Waals surface area (Å²) in [6.07, 6.45) is 7.96. The zero-order valence-corrected chi connectivity index (χ0v) is 12.3. The topological polar surface area (TPSA) is 70.6 Å². The molecule has 116 valence electrons. The van der Waals surface area contributed by atoms with Gasteiger partial charge in [-0.2, -0.15) is 0 Å². The summed E-state index contributed by atoms with van der Waals surface area (Å²) in [5.74, 6) is 0.396. The van der Waals surface area contributed by atoms with Gasteiger partial charge in [-0.05, 0) is 42.6 Å². The van der Waals surface area contributed by atoms with Crippen molar-refractivity contribution in [3.63, 3.8) is 0 Å². The van der Waals surface area contributed by atoms with E-state index >= 15 is 0 Å². The molecule has 1 aromatic carbocycles. The van der Waals surface area contributed by atoms with Crippen LogP contribution in [0.3, 0.4) is 0 Å². The van der Waals surface area contributed by atoms with Crippen LogP contribution in [0.25, 0.3) is 0 Å². The fourth-order valence-corrected chi connectivity index (χ4v) is 2.97. The number of nitrogens with zero attached hydrogens (tertiary/aromatic N) is 1. The third kappa shape index (κ3) is 5.01. The number of nitrogens with one attached hydrogen (secondary N) is 1. The zero-order chi connectivity index (χ0) is 15.1. The van der Waals surface area contributed by atoms with E-state index in [4.69, 9.17) is 10.9 Å². The molecule has 1 aliphatic carbocycles. The van der Waals surface area contributed by atoms with Crippen LogP contribution in [0.4, 0.5) is 4.39 Å². The van der Waals surface area contributed by atoms with Crippen molar-refractivity contribution < 1.29 is 9.60 Å². The Bertz CT molecular complexity index is 484. The van der Waals surface area contributed by atoms with Crippen molar-refractivity contribution in [3.05, 3.63) is 35.1 Å². The molecule has 0 amide bonds. The summed E-state index contributed by atoms with van der Waals surface area (Å²) in [6, 6.07) is 4.48. The van der Waals surface area contributed by atoms with E-state index in [1.165, 1.54) is 50.7 Å². The van der Waals surface area contributed by atoms with Crippen LogP contribution in [0.15, 0.2) is 23.4 Å². The van der Waals surface area contributed by atoms with Crippen molar-refractivity contribution in [2.45, 2.75) is 45.1 Å². The molecule has 4 N–H and O–H groups in total. The van der Waals surface area contributed by atoms with E-state index in [0.717, 1.165) is 18.0 Å². The Labute approximate surface area is 125 Å². The highest BCUT2D eigenvalue weighted by atomic mass is 19.1. The van der Waals surface area contributed by atoms with Crippen LogP contribution >= 0.6 is 0 Å². The molecule has 0 heterocycles. The van der Waals surface area contributed by atoms with E-state index in [9.17, 15) is 4.39 Å². The molecule has 21 heavy (non-hydrogen) atoms. The first-order valence-electron chi connectivity index (χ1n) is 7.67. The predicted octanol–water partition coefficient (Wildman–Crippen LogP) is 2.98. The molecular weight excluding hydrogens is 269 g/mol. The lowest BCUT2D eigenvalue weighted by atomic mass is 9.87. The monoisotopic (exact) mass is 293 g/mol. The molecule has 0 saturated heterocycles. The van der Waals surface area contributed by atoms with Gasteiger partial charge in [-0.3, -0.25) is 0 Å². The fraction of sp³-hybridized carbons (Fsp3) is 0.562. The van der Waals surface area contributed by atoms with Gasteiger partial charge in [0.1, 0.15) is 5.82 Å². The first-order valence-corrected chi connectivity index (χ1v) is 7.67. The predicted molar refractivity (Wildman–Crippen MR) is 81.8 cm³/mol. The van der Waals surface area contributed by atoms with E-state index in [1.807, 2.05) is 0 Å². The van der Waals surface area contributed by atoms with Crippen molar-refractivity contribution >= 4 is 5.84 Å². The molecule has 1 saturated carbocycles. The molecule has 0 atom stereocenters. The number of rotatable bonds is 6. The quantitative estimate of drug-likeness (QED) is 0.248. The summed E-state index contributed by atoms with van der Waals surface area (Å²) in [6.45, 7) is 1.54. The van der Waals surface area contributed by atoms with E-state index in [1.54, 1.807) is 6.07 Å². The van der Waals surface area contributed by atoms with Gasteiger partial charge in [0.15, 0.2) is 5.84 Å². The van der Waals surface area contributed by atoms with Gasteiger partial charge >= 0.3 is 0 Å². The number of amidine groups is 1.